The van der Waals surface area contributed by atoms with Crippen LogP contribution in [0, 0.1) is 0 Å². The topological polar surface area (TPSA) is 34.1 Å². The third-order valence-corrected chi connectivity index (χ3v) is 2.44. The number of ether oxygens (including phenoxy) is 2. The van der Waals surface area contributed by atoms with Crippen molar-refractivity contribution in [2.75, 3.05) is 27.3 Å². The Kier molecular flexibility index (Phi) is 4.54. The summed E-state index contributed by atoms with van der Waals surface area (Å²) in [6, 6.07) is 0. The van der Waals surface area contributed by atoms with Crippen LogP contribution < -0.4 is 0 Å². The van der Waals surface area contributed by atoms with Crippen LogP contribution in [0.4, 0.5) is 0 Å². The molecule has 0 atom stereocenters. The molecule has 4 nitrogen and oxygen atoms in total. The van der Waals surface area contributed by atoms with E-state index in [1.807, 2.05) is 26.0 Å². The molecule has 0 radical (unpaired) electrons. The largest absolute Gasteiger partial charge is 0.348 e. The fourth-order valence-electron chi connectivity index (χ4n) is 1.76. The maximum atomic E-state index is 5.53. The van der Waals surface area contributed by atoms with Crippen LogP contribution in [-0.2, 0) is 9.47 Å². The molecule has 0 N–H and O–H groups in total. The van der Waals surface area contributed by atoms with Crippen molar-refractivity contribution < 1.29 is 9.47 Å². The minimum absolute atomic E-state index is 0.349. The Morgan fingerprint density at radius 2 is 1.93 bits per heavy atom. The van der Waals surface area contributed by atoms with Gasteiger partial charge in [0.15, 0.2) is 5.79 Å². The van der Waals surface area contributed by atoms with Gasteiger partial charge in [-0.3, -0.25) is 0 Å². The highest BCUT2D eigenvalue weighted by Gasteiger charge is 2.29. The summed E-state index contributed by atoms with van der Waals surface area (Å²) in [7, 11) is 3.88. The lowest BCUT2D eigenvalue weighted by Gasteiger charge is -2.21. The van der Waals surface area contributed by atoms with E-state index >= 15 is 0 Å². The predicted molar refractivity (Wildman–Crippen MR) is 61.0 cm³/mol. The molecule has 1 saturated heterocycles. The fourth-order valence-corrected chi connectivity index (χ4v) is 1.76. The molecule has 0 aromatic rings. The lowest BCUT2D eigenvalue weighted by Crippen LogP contribution is -2.25. The zero-order valence-corrected chi connectivity index (χ0v) is 10.2. The van der Waals surface area contributed by atoms with Crippen LogP contribution in [0.1, 0.15) is 33.1 Å². The van der Waals surface area contributed by atoms with Gasteiger partial charge in [-0.1, -0.05) is 0 Å². The van der Waals surface area contributed by atoms with E-state index in [-0.39, 0.29) is 5.79 Å². The molecule has 88 valence electrons. The Bertz CT molecular complexity index is 221. The van der Waals surface area contributed by atoms with Crippen molar-refractivity contribution in [3.8, 4) is 0 Å². The summed E-state index contributed by atoms with van der Waals surface area (Å²) < 4.78 is 11.1. The van der Waals surface area contributed by atoms with E-state index in [1.165, 1.54) is 0 Å². The van der Waals surface area contributed by atoms with E-state index < -0.39 is 0 Å². The van der Waals surface area contributed by atoms with Crippen LogP contribution in [0.3, 0.4) is 0 Å². The van der Waals surface area contributed by atoms with Crippen LogP contribution in [0.25, 0.3) is 0 Å². The smallest absolute Gasteiger partial charge is 0.165 e. The molecule has 0 spiro atoms. The van der Waals surface area contributed by atoms with Gasteiger partial charge in [-0.2, -0.15) is 5.10 Å². The van der Waals surface area contributed by atoms with Crippen LogP contribution in [0.2, 0.25) is 0 Å². The molecule has 0 unspecified atom stereocenters. The number of nitrogens with zero attached hydrogens (tertiary/aromatic N) is 2. The van der Waals surface area contributed by atoms with Gasteiger partial charge in [-0.05, 0) is 26.7 Å². The normalized spacial score (nSPS) is 20.7. The van der Waals surface area contributed by atoms with Crippen molar-refractivity contribution in [3.63, 3.8) is 0 Å². The van der Waals surface area contributed by atoms with Crippen LogP contribution in [0.15, 0.2) is 5.10 Å². The molecule has 1 rings (SSSR count). The van der Waals surface area contributed by atoms with E-state index in [0.717, 1.165) is 38.2 Å². The maximum absolute atomic E-state index is 5.53. The highest BCUT2D eigenvalue weighted by atomic mass is 16.7. The summed E-state index contributed by atoms with van der Waals surface area (Å²) in [6.07, 6.45) is 2.99. The Morgan fingerprint density at radius 1 is 1.33 bits per heavy atom. The molecule has 1 aliphatic heterocycles. The minimum atomic E-state index is -0.349. The van der Waals surface area contributed by atoms with Crippen molar-refractivity contribution in [1.29, 1.82) is 0 Å². The Hall–Kier alpha value is -0.610. The molecule has 0 aromatic heterocycles. The lowest BCUT2D eigenvalue weighted by molar-refractivity contribution is -0.147. The number of hydrogen-bond donors (Lipinski definition) is 0. The van der Waals surface area contributed by atoms with Crippen molar-refractivity contribution in [3.05, 3.63) is 0 Å². The van der Waals surface area contributed by atoms with Gasteiger partial charge in [0, 0.05) is 26.2 Å². The summed E-state index contributed by atoms with van der Waals surface area (Å²) in [4.78, 5) is 0. The highest BCUT2D eigenvalue weighted by Crippen LogP contribution is 2.24. The zero-order chi connectivity index (χ0) is 11.3. The molecular formula is C11H22N2O2. The Balaban J connectivity index is 2.21. The molecular weight excluding hydrogens is 192 g/mol. The van der Waals surface area contributed by atoms with Crippen LogP contribution in [-0.4, -0.2) is 43.8 Å². The number of hydrazone groups is 1. The van der Waals surface area contributed by atoms with Crippen LogP contribution >= 0.6 is 0 Å². The minimum Gasteiger partial charge on any atom is -0.348 e. The number of rotatable bonds is 5. The van der Waals surface area contributed by atoms with Crippen molar-refractivity contribution in [2.24, 2.45) is 5.10 Å². The molecule has 4 heteroatoms. The van der Waals surface area contributed by atoms with Gasteiger partial charge in [0.25, 0.3) is 0 Å². The summed E-state index contributed by atoms with van der Waals surface area (Å²) in [6.45, 7) is 5.51. The molecule has 1 aliphatic rings. The first-order valence-electron chi connectivity index (χ1n) is 5.51. The first kappa shape index (κ1) is 12.5. The second-order valence-electron chi connectivity index (χ2n) is 4.37. The molecule has 0 aliphatic carbocycles. The first-order chi connectivity index (χ1) is 7.02. The highest BCUT2D eigenvalue weighted by molar-refractivity contribution is 5.81. The summed E-state index contributed by atoms with van der Waals surface area (Å²) in [5, 5.41) is 6.17. The Labute approximate surface area is 92.2 Å². The van der Waals surface area contributed by atoms with Gasteiger partial charge < -0.3 is 14.5 Å². The standard InChI is InChI=1S/C11H22N2O2/c1-10(12-13(3)4)6-5-7-11(2)14-8-9-15-11/h5-9H2,1-4H3/b12-10+. The molecule has 0 bridgehead atoms. The van der Waals surface area contributed by atoms with E-state index in [4.69, 9.17) is 9.47 Å². The Morgan fingerprint density at radius 3 is 2.47 bits per heavy atom. The summed E-state index contributed by atoms with van der Waals surface area (Å²) >= 11 is 0. The quantitative estimate of drug-likeness (QED) is 0.517. The fraction of sp³-hybridized carbons (Fsp3) is 0.909. The van der Waals surface area contributed by atoms with Gasteiger partial charge >= 0.3 is 0 Å². The van der Waals surface area contributed by atoms with Gasteiger partial charge in [0.05, 0.1) is 13.2 Å². The van der Waals surface area contributed by atoms with Gasteiger partial charge in [-0.25, -0.2) is 0 Å². The van der Waals surface area contributed by atoms with E-state index in [0.29, 0.717) is 0 Å². The van der Waals surface area contributed by atoms with E-state index in [1.54, 1.807) is 0 Å². The van der Waals surface area contributed by atoms with Gasteiger partial charge in [0.2, 0.25) is 0 Å². The molecule has 0 aromatic carbocycles. The SMILES string of the molecule is C/C(CCCC1(C)OCCO1)=N\N(C)C. The zero-order valence-electron chi connectivity index (χ0n) is 10.2. The van der Waals surface area contributed by atoms with Gasteiger partial charge in [0.1, 0.15) is 0 Å². The monoisotopic (exact) mass is 214 g/mol. The second-order valence-corrected chi connectivity index (χ2v) is 4.37. The molecule has 1 fully saturated rings. The molecule has 0 amide bonds. The average molecular weight is 214 g/mol. The van der Waals surface area contributed by atoms with Crippen molar-refractivity contribution in [1.82, 2.24) is 5.01 Å². The molecule has 0 saturated carbocycles. The predicted octanol–water partition coefficient (Wildman–Crippen LogP) is 1.86. The first-order valence-corrected chi connectivity index (χ1v) is 5.51. The van der Waals surface area contributed by atoms with E-state index in [2.05, 4.69) is 12.0 Å². The molecule has 15 heavy (non-hydrogen) atoms. The number of hydrogen-bond acceptors (Lipinski definition) is 4. The average Bonchev–Trinajstić information content (AvgIpc) is 2.51. The molecule has 1 heterocycles. The van der Waals surface area contributed by atoms with Crippen molar-refractivity contribution in [2.45, 2.75) is 38.9 Å². The third-order valence-electron chi connectivity index (χ3n) is 2.44. The lowest BCUT2D eigenvalue weighted by atomic mass is 10.1. The third kappa shape index (κ3) is 4.62. The van der Waals surface area contributed by atoms with Gasteiger partial charge in [-0.15, -0.1) is 0 Å². The summed E-state index contributed by atoms with van der Waals surface area (Å²) in [5.74, 6) is -0.349. The van der Waals surface area contributed by atoms with Crippen molar-refractivity contribution >= 4 is 5.71 Å². The second kappa shape index (κ2) is 5.47. The summed E-state index contributed by atoms with van der Waals surface area (Å²) in [5.41, 5.74) is 1.15. The maximum Gasteiger partial charge on any atom is 0.165 e. The van der Waals surface area contributed by atoms with E-state index in [9.17, 15) is 0 Å². The van der Waals surface area contributed by atoms with Crippen LogP contribution in [0.5, 0.6) is 0 Å².